The summed E-state index contributed by atoms with van der Waals surface area (Å²) in [5, 5.41) is 13.7. The smallest absolute Gasteiger partial charge is 0.259 e. The van der Waals surface area contributed by atoms with Gasteiger partial charge in [-0.2, -0.15) is 0 Å². The Kier molecular flexibility index (Phi) is 5.90. The van der Waals surface area contributed by atoms with Crippen LogP contribution >= 0.6 is 0 Å². The van der Waals surface area contributed by atoms with E-state index >= 15 is 0 Å². The molecule has 0 saturated carbocycles. The topological polar surface area (TPSA) is 125 Å². The Morgan fingerprint density at radius 1 is 0.968 bits per heavy atom. The van der Waals surface area contributed by atoms with Gasteiger partial charge in [0.2, 0.25) is 0 Å². The van der Waals surface area contributed by atoms with Crippen LogP contribution in [-0.4, -0.2) is 72.4 Å². The molecule has 2 amide bonds. The fraction of sp³-hybridized carbons (Fsp3) is 0.273. The highest BCUT2D eigenvalue weighted by molar-refractivity contribution is 6.28. The van der Waals surface area contributed by atoms with Crippen LogP contribution in [0.2, 0.25) is 0 Å². The van der Waals surface area contributed by atoms with Crippen LogP contribution in [0.15, 0.2) is 42.5 Å². The second kappa shape index (κ2) is 8.76. The van der Waals surface area contributed by atoms with Crippen molar-refractivity contribution in [2.45, 2.75) is 6.04 Å². The van der Waals surface area contributed by atoms with Crippen LogP contribution in [0.3, 0.4) is 0 Å². The average molecular weight is 423 g/mol. The van der Waals surface area contributed by atoms with Gasteiger partial charge in [-0.3, -0.25) is 24.6 Å². The number of ether oxygens (including phenoxy) is 1. The number of ketones is 2. The molecule has 0 aromatic heterocycles. The molecule has 3 N–H and O–H groups in total. The van der Waals surface area contributed by atoms with E-state index in [-0.39, 0.29) is 33.8 Å². The summed E-state index contributed by atoms with van der Waals surface area (Å²) in [7, 11) is 0. The first-order chi connectivity index (χ1) is 15.0. The molecule has 160 valence electrons. The van der Waals surface area contributed by atoms with Gasteiger partial charge in [0.05, 0.1) is 19.8 Å². The SMILES string of the molecule is O=C(N[C@@H](CO)C(=O)NN1CCOCC1)c1ccc2c(c1)C(=O)c1ccccc1C2=O. The molecule has 1 atom stereocenters. The van der Waals surface area contributed by atoms with Gasteiger partial charge in [-0.15, -0.1) is 0 Å². The highest BCUT2D eigenvalue weighted by Gasteiger charge is 2.30. The molecular weight excluding hydrogens is 402 g/mol. The lowest BCUT2D eigenvalue weighted by Gasteiger charge is -2.28. The van der Waals surface area contributed by atoms with E-state index in [1.165, 1.54) is 18.2 Å². The zero-order valence-electron chi connectivity index (χ0n) is 16.6. The summed E-state index contributed by atoms with van der Waals surface area (Å²) in [5.41, 5.74) is 3.73. The minimum atomic E-state index is -1.18. The van der Waals surface area contributed by atoms with E-state index in [9.17, 15) is 24.3 Å². The van der Waals surface area contributed by atoms with Crippen LogP contribution < -0.4 is 10.7 Å². The Labute approximate surface area is 178 Å². The second-order valence-electron chi connectivity index (χ2n) is 7.25. The van der Waals surface area contributed by atoms with Crippen molar-refractivity contribution in [2.75, 3.05) is 32.9 Å². The molecule has 31 heavy (non-hydrogen) atoms. The van der Waals surface area contributed by atoms with Crippen LogP contribution in [0.25, 0.3) is 0 Å². The van der Waals surface area contributed by atoms with E-state index < -0.39 is 24.5 Å². The fourth-order valence-corrected chi connectivity index (χ4v) is 3.59. The maximum absolute atomic E-state index is 12.8. The van der Waals surface area contributed by atoms with Crippen molar-refractivity contribution in [3.63, 3.8) is 0 Å². The van der Waals surface area contributed by atoms with Crippen LogP contribution in [-0.2, 0) is 9.53 Å². The molecule has 9 heteroatoms. The lowest BCUT2D eigenvalue weighted by atomic mass is 9.83. The summed E-state index contributed by atoms with van der Waals surface area (Å²) in [6.07, 6.45) is 0. The van der Waals surface area contributed by atoms with Gasteiger partial charge >= 0.3 is 0 Å². The van der Waals surface area contributed by atoms with Gasteiger partial charge in [0.15, 0.2) is 11.6 Å². The summed E-state index contributed by atoms with van der Waals surface area (Å²) in [6.45, 7) is 1.35. The number of hydrogen-bond acceptors (Lipinski definition) is 7. The summed E-state index contributed by atoms with van der Waals surface area (Å²) in [5.74, 6) is -1.83. The van der Waals surface area contributed by atoms with Crippen molar-refractivity contribution in [2.24, 2.45) is 0 Å². The molecule has 1 aliphatic carbocycles. The van der Waals surface area contributed by atoms with Crippen molar-refractivity contribution in [3.05, 3.63) is 70.3 Å². The third-order valence-corrected chi connectivity index (χ3v) is 5.27. The van der Waals surface area contributed by atoms with Gasteiger partial charge < -0.3 is 15.2 Å². The zero-order chi connectivity index (χ0) is 22.0. The third-order valence-electron chi connectivity index (χ3n) is 5.27. The Bertz CT molecular complexity index is 1060. The Hall–Kier alpha value is -3.40. The van der Waals surface area contributed by atoms with Gasteiger partial charge in [0.1, 0.15) is 6.04 Å². The molecule has 9 nitrogen and oxygen atoms in total. The maximum Gasteiger partial charge on any atom is 0.259 e. The number of benzene rings is 2. The van der Waals surface area contributed by atoms with E-state index in [1.807, 2.05) is 0 Å². The predicted molar refractivity (Wildman–Crippen MR) is 109 cm³/mol. The fourth-order valence-electron chi connectivity index (χ4n) is 3.59. The number of carbonyl (C=O) groups excluding carboxylic acids is 4. The maximum atomic E-state index is 12.8. The van der Waals surface area contributed by atoms with Crippen LogP contribution in [0, 0.1) is 0 Å². The highest BCUT2D eigenvalue weighted by Crippen LogP contribution is 2.27. The van der Waals surface area contributed by atoms with E-state index in [0.29, 0.717) is 31.9 Å². The molecule has 1 saturated heterocycles. The number of hydrogen-bond donors (Lipinski definition) is 3. The summed E-state index contributed by atoms with van der Waals surface area (Å²) < 4.78 is 5.21. The number of hydrazine groups is 1. The van der Waals surface area contributed by atoms with Crippen molar-refractivity contribution in [1.82, 2.24) is 15.8 Å². The van der Waals surface area contributed by atoms with Crippen molar-refractivity contribution < 1.29 is 29.0 Å². The normalized spacial score (nSPS) is 16.8. The highest BCUT2D eigenvalue weighted by atomic mass is 16.5. The molecule has 0 unspecified atom stereocenters. The van der Waals surface area contributed by atoms with Crippen molar-refractivity contribution in [3.8, 4) is 0 Å². The first-order valence-electron chi connectivity index (χ1n) is 9.87. The Morgan fingerprint density at radius 3 is 2.23 bits per heavy atom. The monoisotopic (exact) mass is 423 g/mol. The molecule has 0 radical (unpaired) electrons. The van der Waals surface area contributed by atoms with Gasteiger partial charge in [-0.05, 0) is 18.2 Å². The van der Waals surface area contributed by atoms with Gasteiger partial charge in [0, 0.05) is 40.9 Å². The first kappa shape index (κ1) is 20.9. The standard InChI is InChI=1S/C22H21N3O6/c26-12-18(22(30)24-25-7-9-31-10-8-25)23-21(29)13-5-6-16-17(11-13)20(28)15-4-2-1-3-14(15)19(16)27/h1-6,11,18,26H,7-10,12H2,(H,23,29)(H,24,30)/t18-/m0/s1. The van der Waals surface area contributed by atoms with E-state index in [2.05, 4.69) is 10.7 Å². The van der Waals surface area contributed by atoms with Gasteiger partial charge in [0.25, 0.3) is 11.8 Å². The lowest BCUT2D eigenvalue weighted by molar-refractivity contribution is -0.130. The predicted octanol–water partition coefficient (Wildman–Crippen LogP) is -0.0839. The molecule has 4 rings (SSSR count). The number of carbonyl (C=O) groups is 4. The molecule has 0 spiro atoms. The van der Waals surface area contributed by atoms with Crippen molar-refractivity contribution >= 4 is 23.4 Å². The number of nitrogens with one attached hydrogen (secondary N) is 2. The molecule has 2 aromatic carbocycles. The average Bonchev–Trinajstić information content (AvgIpc) is 2.81. The van der Waals surface area contributed by atoms with Crippen LogP contribution in [0.4, 0.5) is 0 Å². The number of fused-ring (bicyclic) bond motifs is 2. The molecule has 0 bridgehead atoms. The number of aliphatic hydroxyl groups excluding tert-OH is 1. The largest absolute Gasteiger partial charge is 0.394 e. The van der Waals surface area contributed by atoms with Crippen LogP contribution in [0.1, 0.15) is 42.2 Å². The number of rotatable bonds is 5. The molecule has 1 heterocycles. The number of amides is 2. The van der Waals surface area contributed by atoms with Gasteiger partial charge in [-0.25, -0.2) is 5.01 Å². The Morgan fingerprint density at radius 2 is 1.58 bits per heavy atom. The number of aliphatic hydroxyl groups is 1. The second-order valence-corrected chi connectivity index (χ2v) is 7.25. The lowest BCUT2D eigenvalue weighted by Crippen LogP contribution is -2.56. The number of morpholine rings is 1. The zero-order valence-corrected chi connectivity index (χ0v) is 16.6. The minimum absolute atomic E-state index is 0.108. The van der Waals surface area contributed by atoms with E-state index in [4.69, 9.17) is 4.74 Å². The van der Waals surface area contributed by atoms with Crippen molar-refractivity contribution in [1.29, 1.82) is 0 Å². The third kappa shape index (κ3) is 4.11. The van der Waals surface area contributed by atoms with E-state index in [1.54, 1.807) is 29.3 Å². The van der Waals surface area contributed by atoms with Crippen LogP contribution in [0.5, 0.6) is 0 Å². The van der Waals surface area contributed by atoms with E-state index in [0.717, 1.165) is 0 Å². The molecule has 2 aromatic rings. The molecular formula is C22H21N3O6. The first-order valence-corrected chi connectivity index (χ1v) is 9.87. The number of nitrogens with zero attached hydrogens (tertiary/aromatic N) is 1. The minimum Gasteiger partial charge on any atom is -0.394 e. The molecule has 1 aliphatic heterocycles. The summed E-state index contributed by atoms with van der Waals surface area (Å²) in [6, 6.07) is 9.54. The summed E-state index contributed by atoms with van der Waals surface area (Å²) >= 11 is 0. The Balaban J connectivity index is 1.50. The quantitative estimate of drug-likeness (QED) is 0.524. The molecule has 2 aliphatic rings. The molecule has 1 fully saturated rings. The summed E-state index contributed by atoms with van der Waals surface area (Å²) in [4.78, 5) is 50.6. The van der Waals surface area contributed by atoms with Gasteiger partial charge in [-0.1, -0.05) is 24.3 Å².